The van der Waals surface area contributed by atoms with Crippen LogP contribution in [-0.4, -0.2) is 18.3 Å². The Morgan fingerprint density at radius 1 is 1.14 bits per heavy atom. The third-order valence-electron chi connectivity index (χ3n) is 4.88. The lowest BCUT2D eigenvalue weighted by Gasteiger charge is -2.41. The number of hydrogen-bond donors (Lipinski definition) is 0. The molecule has 0 saturated heterocycles. The van der Waals surface area contributed by atoms with Gasteiger partial charge in [-0.2, -0.15) is 0 Å². The van der Waals surface area contributed by atoms with Crippen molar-refractivity contribution >= 4 is 29.1 Å². The van der Waals surface area contributed by atoms with Crippen LogP contribution in [0.4, 0.5) is 16.2 Å². The molecule has 0 aliphatic carbocycles. The normalized spacial score (nSPS) is 15.0. The van der Waals surface area contributed by atoms with E-state index in [0.29, 0.717) is 18.2 Å². The van der Waals surface area contributed by atoms with Crippen molar-refractivity contribution in [2.75, 3.05) is 11.5 Å². The summed E-state index contributed by atoms with van der Waals surface area (Å²) in [6.07, 6.45) is -0.415. The Bertz CT molecular complexity index is 899. The van der Waals surface area contributed by atoms with E-state index in [1.54, 1.807) is 4.90 Å². The van der Waals surface area contributed by atoms with Crippen molar-refractivity contribution in [1.82, 2.24) is 0 Å². The van der Waals surface area contributed by atoms with Crippen LogP contribution in [0.1, 0.15) is 58.2 Å². The lowest BCUT2D eigenvalue weighted by Crippen LogP contribution is -2.40. The molecule has 0 atom stereocenters. The predicted molar refractivity (Wildman–Crippen MR) is 114 cm³/mol. The molecule has 5 heteroatoms. The molecule has 0 spiro atoms. The minimum Gasteiger partial charge on any atom is -0.443 e. The summed E-state index contributed by atoms with van der Waals surface area (Å²) in [7, 11) is 0. The highest BCUT2D eigenvalue weighted by molar-refractivity contribution is 6.32. The van der Waals surface area contributed by atoms with Crippen LogP contribution in [0.25, 0.3) is 0 Å². The molecule has 1 aliphatic heterocycles. The molecule has 0 saturated carbocycles. The van der Waals surface area contributed by atoms with Gasteiger partial charge in [0.15, 0.2) is 0 Å². The van der Waals surface area contributed by atoms with E-state index in [-0.39, 0.29) is 5.41 Å². The smallest absolute Gasteiger partial charge is 0.419 e. The summed E-state index contributed by atoms with van der Waals surface area (Å²) in [4.78, 5) is 14.9. The molecule has 0 N–H and O–H groups in total. The van der Waals surface area contributed by atoms with Crippen molar-refractivity contribution in [2.24, 2.45) is 0 Å². The molecular weight excluding hydrogens is 374 g/mol. The molecule has 1 amide bonds. The summed E-state index contributed by atoms with van der Waals surface area (Å²) in [6, 6.07) is 11.8. The number of carbonyl (C=O) groups excluding carboxylic acids is 1. The standard InChI is InChI=1S/C23H28ClNO3/c1-7-27-14-15-11-12-16-19(13-15)25(21(26)28-22(2,3)4)18-10-8-9-17(24)20(18)23(16,5)6/h8-13H,7,14H2,1-6H3. The molecule has 1 heterocycles. The van der Waals surface area contributed by atoms with Crippen molar-refractivity contribution < 1.29 is 14.3 Å². The van der Waals surface area contributed by atoms with Crippen molar-refractivity contribution in [3.8, 4) is 0 Å². The van der Waals surface area contributed by atoms with Gasteiger partial charge in [0, 0.05) is 22.6 Å². The molecule has 2 aromatic rings. The van der Waals surface area contributed by atoms with Gasteiger partial charge >= 0.3 is 6.09 Å². The number of nitrogens with zero attached hydrogens (tertiary/aromatic N) is 1. The van der Waals surface area contributed by atoms with Crippen LogP contribution >= 0.6 is 11.6 Å². The molecule has 28 heavy (non-hydrogen) atoms. The minimum absolute atomic E-state index is 0.355. The van der Waals surface area contributed by atoms with Gasteiger partial charge in [-0.05, 0) is 57.0 Å². The van der Waals surface area contributed by atoms with E-state index in [2.05, 4.69) is 19.9 Å². The minimum atomic E-state index is -0.605. The van der Waals surface area contributed by atoms with Gasteiger partial charge in [0.1, 0.15) is 5.60 Å². The second-order valence-corrected chi connectivity index (χ2v) is 8.97. The highest BCUT2D eigenvalue weighted by Crippen LogP contribution is 2.51. The highest BCUT2D eigenvalue weighted by Gasteiger charge is 2.41. The van der Waals surface area contributed by atoms with Crippen LogP contribution in [-0.2, 0) is 21.5 Å². The molecule has 0 aromatic heterocycles. The van der Waals surface area contributed by atoms with E-state index in [1.165, 1.54) is 0 Å². The maximum absolute atomic E-state index is 13.2. The zero-order valence-corrected chi connectivity index (χ0v) is 18.2. The summed E-state index contributed by atoms with van der Waals surface area (Å²) in [5.41, 5.74) is 3.57. The van der Waals surface area contributed by atoms with Crippen molar-refractivity contribution in [1.29, 1.82) is 0 Å². The SMILES string of the molecule is CCOCc1ccc2c(c1)N(C(=O)OC(C)(C)C)c1cccc(Cl)c1C2(C)C. The van der Waals surface area contributed by atoms with Crippen molar-refractivity contribution in [3.05, 3.63) is 58.1 Å². The number of halogens is 1. The van der Waals surface area contributed by atoms with E-state index in [9.17, 15) is 4.79 Å². The molecule has 2 aromatic carbocycles. The Labute approximate surface area is 172 Å². The Kier molecular flexibility index (Phi) is 5.48. The van der Waals surface area contributed by atoms with E-state index in [4.69, 9.17) is 21.1 Å². The lowest BCUT2D eigenvalue weighted by atomic mass is 9.73. The molecule has 0 unspecified atom stereocenters. The molecule has 1 aliphatic rings. The van der Waals surface area contributed by atoms with Crippen molar-refractivity contribution in [2.45, 2.75) is 59.2 Å². The number of ether oxygens (including phenoxy) is 2. The predicted octanol–water partition coefficient (Wildman–Crippen LogP) is 6.59. The molecule has 0 fully saturated rings. The summed E-state index contributed by atoms with van der Waals surface area (Å²) in [5, 5.41) is 0.639. The Balaban J connectivity index is 2.21. The van der Waals surface area contributed by atoms with Crippen LogP contribution in [0.3, 0.4) is 0 Å². The van der Waals surface area contributed by atoms with Gasteiger partial charge in [-0.15, -0.1) is 0 Å². The first-order chi connectivity index (χ1) is 13.1. The molecular formula is C23H28ClNO3. The third-order valence-corrected chi connectivity index (χ3v) is 5.20. The second-order valence-electron chi connectivity index (χ2n) is 8.56. The summed E-state index contributed by atoms with van der Waals surface area (Å²) in [6.45, 7) is 13.0. The second kappa shape index (κ2) is 7.41. The molecule has 4 nitrogen and oxygen atoms in total. The number of benzene rings is 2. The van der Waals surface area contributed by atoms with Gasteiger partial charge in [0.2, 0.25) is 0 Å². The topological polar surface area (TPSA) is 38.8 Å². The number of amides is 1. The zero-order chi connectivity index (χ0) is 20.7. The average molecular weight is 402 g/mol. The summed E-state index contributed by atoms with van der Waals surface area (Å²) >= 11 is 6.60. The monoisotopic (exact) mass is 401 g/mol. The lowest BCUT2D eigenvalue weighted by molar-refractivity contribution is 0.0597. The Hall–Kier alpha value is -2.04. The van der Waals surface area contributed by atoms with Gasteiger partial charge in [0.05, 0.1) is 18.0 Å². The number of carbonyl (C=O) groups is 1. The van der Waals surface area contributed by atoms with E-state index in [0.717, 1.165) is 28.1 Å². The first kappa shape index (κ1) is 20.7. The first-order valence-corrected chi connectivity index (χ1v) is 9.97. The number of rotatable bonds is 3. The van der Waals surface area contributed by atoms with E-state index < -0.39 is 11.7 Å². The van der Waals surface area contributed by atoms with Crippen LogP contribution < -0.4 is 4.90 Å². The van der Waals surface area contributed by atoms with Gasteiger partial charge in [-0.25, -0.2) is 9.69 Å². The van der Waals surface area contributed by atoms with Gasteiger partial charge in [-0.3, -0.25) is 0 Å². The fraction of sp³-hybridized carbons (Fsp3) is 0.435. The van der Waals surface area contributed by atoms with Crippen LogP contribution in [0.2, 0.25) is 5.02 Å². The van der Waals surface area contributed by atoms with E-state index in [1.807, 2.05) is 58.0 Å². The summed E-state index contributed by atoms with van der Waals surface area (Å²) in [5.74, 6) is 0. The molecule has 0 radical (unpaired) electrons. The maximum atomic E-state index is 13.2. The fourth-order valence-electron chi connectivity index (χ4n) is 3.69. The number of anilines is 2. The van der Waals surface area contributed by atoms with Gasteiger partial charge in [-0.1, -0.05) is 43.6 Å². The zero-order valence-electron chi connectivity index (χ0n) is 17.4. The highest BCUT2D eigenvalue weighted by atomic mass is 35.5. The van der Waals surface area contributed by atoms with Gasteiger partial charge in [0.25, 0.3) is 0 Å². The van der Waals surface area contributed by atoms with Crippen LogP contribution in [0.5, 0.6) is 0 Å². The Morgan fingerprint density at radius 3 is 2.50 bits per heavy atom. The number of hydrogen-bond acceptors (Lipinski definition) is 3. The first-order valence-electron chi connectivity index (χ1n) is 9.59. The number of fused-ring (bicyclic) bond motifs is 2. The maximum Gasteiger partial charge on any atom is 0.419 e. The largest absolute Gasteiger partial charge is 0.443 e. The van der Waals surface area contributed by atoms with Crippen LogP contribution in [0, 0.1) is 0 Å². The fourth-order valence-corrected chi connectivity index (χ4v) is 4.09. The van der Waals surface area contributed by atoms with E-state index >= 15 is 0 Å². The van der Waals surface area contributed by atoms with Gasteiger partial charge < -0.3 is 9.47 Å². The molecule has 0 bridgehead atoms. The molecule has 3 rings (SSSR count). The Morgan fingerprint density at radius 2 is 1.86 bits per heavy atom. The quantitative estimate of drug-likeness (QED) is 0.582. The third kappa shape index (κ3) is 3.76. The molecule has 150 valence electrons. The van der Waals surface area contributed by atoms with Crippen molar-refractivity contribution in [3.63, 3.8) is 0 Å². The average Bonchev–Trinajstić information content (AvgIpc) is 2.58. The summed E-state index contributed by atoms with van der Waals surface area (Å²) < 4.78 is 11.3. The van der Waals surface area contributed by atoms with Crippen LogP contribution in [0.15, 0.2) is 36.4 Å².